The zero-order chi connectivity index (χ0) is 18.7. The Morgan fingerprint density at radius 3 is 2.65 bits per heavy atom. The van der Waals surface area contributed by atoms with Crippen molar-refractivity contribution in [2.75, 3.05) is 6.61 Å². The molecule has 138 valence electrons. The van der Waals surface area contributed by atoms with Crippen LogP contribution in [0.25, 0.3) is 0 Å². The van der Waals surface area contributed by atoms with E-state index in [1.165, 1.54) is 5.56 Å². The van der Waals surface area contributed by atoms with Crippen LogP contribution in [0.3, 0.4) is 0 Å². The van der Waals surface area contributed by atoms with Crippen molar-refractivity contribution >= 4 is 5.91 Å². The minimum atomic E-state index is -0.180. The zero-order valence-corrected chi connectivity index (χ0v) is 15.6. The smallest absolute Gasteiger partial charge is 0.253 e. The summed E-state index contributed by atoms with van der Waals surface area (Å²) in [5, 5.41) is 2.84. The molecule has 2 unspecified atom stereocenters. The second-order valence-electron chi connectivity index (χ2n) is 7.09. The van der Waals surface area contributed by atoms with Crippen molar-refractivity contribution < 1.29 is 9.53 Å². The summed E-state index contributed by atoms with van der Waals surface area (Å²) in [7, 11) is 0. The van der Waals surface area contributed by atoms with Gasteiger partial charge in [-0.1, -0.05) is 19.1 Å². The van der Waals surface area contributed by atoms with Crippen LogP contribution >= 0.6 is 0 Å². The molecule has 0 bridgehead atoms. The third kappa shape index (κ3) is 4.05. The van der Waals surface area contributed by atoms with Crippen molar-refractivity contribution in [1.29, 1.82) is 0 Å². The van der Waals surface area contributed by atoms with Crippen LogP contribution in [-0.4, -0.2) is 23.6 Å². The maximum Gasteiger partial charge on any atom is 0.253 e. The first-order chi connectivity index (χ1) is 12.5. The molecule has 26 heavy (non-hydrogen) atoms. The van der Waals surface area contributed by atoms with E-state index in [9.17, 15) is 9.59 Å². The molecule has 1 aromatic carbocycles. The van der Waals surface area contributed by atoms with E-state index in [0.717, 1.165) is 30.7 Å². The summed E-state index contributed by atoms with van der Waals surface area (Å²) in [6, 6.07) is 9.56. The summed E-state index contributed by atoms with van der Waals surface area (Å²) >= 11 is 0. The SMILES string of the molecule is Cc1cc(C)c(CNC(=O)c2ccc(C(C)C3CCCO3)cc2)c(=O)[nH]1. The van der Waals surface area contributed by atoms with E-state index in [0.29, 0.717) is 17.0 Å². The largest absolute Gasteiger partial charge is 0.378 e. The van der Waals surface area contributed by atoms with Gasteiger partial charge in [0.25, 0.3) is 11.5 Å². The van der Waals surface area contributed by atoms with E-state index in [-0.39, 0.29) is 24.1 Å². The Morgan fingerprint density at radius 1 is 1.31 bits per heavy atom. The number of rotatable bonds is 5. The summed E-state index contributed by atoms with van der Waals surface area (Å²) < 4.78 is 5.75. The maximum absolute atomic E-state index is 12.4. The molecule has 3 rings (SSSR count). The Bertz CT molecular complexity index is 833. The lowest BCUT2D eigenvalue weighted by Crippen LogP contribution is -2.28. The number of aryl methyl sites for hydroxylation is 2. The van der Waals surface area contributed by atoms with E-state index in [1.54, 1.807) is 0 Å². The number of H-pyrrole nitrogens is 1. The molecule has 1 fully saturated rings. The van der Waals surface area contributed by atoms with Gasteiger partial charge in [-0.2, -0.15) is 0 Å². The number of carbonyl (C=O) groups excluding carboxylic acids is 1. The van der Waals surface area contributed by atoms with Gasteiger partial charge in [0, 0.05) is 35.9 Å². The van der Waals surface area contributed by atoms with Gasteiger partial charge >= 0.3 is 0 Å². The van der Waals surface area contributed by atoms with E-state index in [1.807, 2.05) is 44.2 Å². The number of benzene rings is 1. The van der Waals surface area contributed by atoms with Crippen molar-refractivity contribution in [3.63, 3.8) is 0 Å². The van der Waals surface area contributed by atoms with Crippen molar-refractivity contribution in [1.82, 2.24) is 10.3 Å². The number of amides is 1. The molecule has 0 aliphatic carbocycles. The molecule has 1 aliphatic rings. The number of hydrogen-bond acceptors (Lipinski definition) is 3. The second kappa shape index (κ2) is 7.87. The van der Waals surface area contributed by atoms with Gasteiger partial charge in [0.2, 0.25) is 0 Å². The van der Waals surface area contributed by atoms with Gasteiger partial charge in [-0.3, -0.25) is 9.59 Å². The van der Waals surface area contributed by atoms with Crippen LogP contribution in [-0.2, 0) is 11.3 Å². The minimum absolute atomic E-state index is 0.150. The molecule has 1 saturated heterocycles. The Labute approximate surface area is 153 Å². The fraction of sp³-hybridized carbons (Fsp3) is 0.429. The molecule has 2 N–H and O–H groups in total. The molecule has 2 atom stereocenters. The van der Waals surface area contributed by atoms with Crippen molar-refractivity contribution in [3.8, 4) is 0 Å². The highest BCUT2D eigenvalue weighted by molar-refractivity contribution is 5.94. The molecule has 0 radical (unpaired) electrons. The number of hydrogen-bond donors (Lipinski definition) is 2. The maximum atomic E-state index is 12.4. The molecule has 0 spiro atoms. The highest BCUT2D eigenvalue weighted by Gasteiger charge is 2.23. The number of carbonyl (C=O) groups is 1. The van der Waals surface area contributed by atoms with Crippen LogP contribution in [0.1, 0.15) is 58.4 Å². The Hall–Kier alpha value is -2.40. The Morgan fingerprint density at radius 2 is 2.04 bits per heavy atom. The Balaban J connectivity index is 1.64. The predicted molar refractivity (Wildman–Crippen MR) is 102 cm³/mol. The molecule has 1 aliphatic heterocycles. The van der Waals surface area contributed by atoms with Crippen molar-refractivity contribution in [2.45, 2.75) is 52.2 Å². The molecule has 2 heterocycles. The van der Waals surface area contributed by atoms with Crippen LogP contribution in [0.2, 0.25) is 0 Å². The number of ether oxygens (including phenoxy) is 1. The van der Waals surface area contributed by atoms with Gasteiger partial charge in [0.15, 0.2) is 0 Å². The van der Waals surface area contributed by atoms with Gasteiger partial charge < -0.3 is 15.0 Å². The third-order valence-corrected chi connectivity index (χ3v) is 5.14. The number of aromatic nitrogens is 1. The summed E-state index contributed by atoms with van der Waals surface area (Å²) in [6.07, 6.45) is 2.48. The summed E-state index contributed by atoms with van der Waals surface area (Å²) in [4.78, 5) is 27.2. The average molecular weight is 354 g/mol. The first kappa shape index (κ1) is 18.4. The van der Waals surface area contributed by atoms with E-state index in [2.05, 4.69) is 17.2 Å². The van der Waals surface area contributed by atoms with Gasteiger partial charge in [-0.15, -0.1) is 0 Å². The van der Waals surface area contributed by atoms with Crippen molar-refractivity contribution in [2.24, 2.45) is 0 Å². The summed E-state index contributed by atoms with van der Waals surface area (Å²) in [5.74, 6) is 0.143. The lowest BCUT2D eigenvalue weighted by atomic mass is 9.93. The highest BCUT2D eigenvalue weighted by atomic mass is 16.5. The molecule has 0 saturated carbocycles. The average Bonchev–Trinajstić information content (AvgIpc) is 3.14. The van der Waals surface area contributed by atoms with Crippen LogP contribution in [0.15, 0.2) is 35.1 Å². The monoisotopic (exact) mass is 354 g/mol. The lowest BCUT2D eigenvalue weighted by molar-refractivity contribution is 0.0931. The van der Waals surface area contributed by atoms with Crippen molar-refractivity contribution in [3.05, 3.63) is 68.6 Å². The normalized spacial score (nSPS) is 17.9. The standard InChI is InChI=1S/C21H26N2O3/c1-13-11-14(2)23-21(25)18(13)12-22-20(24)17-8-6-16(7-9-17)15(3)19-5-4-10-26-19/h6-9,11,15,19H,4-5,10,12H2,1-3H3,(H,22,24)(H,23,25). The van der Waals surface area contributed by atoms with Gasteiger partial charge in [0.1, 0.15) is 0 Å². The number of aromatic amines is 1. The van der Waals surface area contributed by atoms with E-state index < -0.39 is 0 Å². The number of nitrogens with one attached hydrogen (secondary N) is 2. The molecule has 5 nitrogen and oxygen atoms in total. The minimum Gasteiger partial charge on any atom is -0.378 e. The quantitative estimate of drug-likeness (QED) is 0.866. The van der Waals surface area contributed by atoms with Gasteiger partial charge in [-0.05, 0) is 56.0 Å². The molecule has 5 heteroatoms. The molecular formula is C21H26N2O3. The molecule has 2 aromatic rings. The number of pyridine rings is 1. The third-order valence-electron chi connectivity index (χ3n) is 5.14. The zero-order valence-electron chi connectivity index (χ0n) is 15.6. The van der Waals surface area contributed by atoms with Gasteiger partial charge in [-0.25, -0.2) is 0 Å². The van der Waals surface area contributed by atoms with E-state index in [4.69, 9.17) is 4.74 Å². The molecule has 1 aromatic heterocycles. The summed E-state index contributed by atoms with van der Waals surface area (Å²) in [5.41, 5.74) is 3.91. The van der Waals surface area contributed by atoms with Crippen LogP contribution < -0.4 is 10.9 Å². The highest BCUT2D eigenvalue weighted by Crippen LogP contribution is 2.28. The fourth-order valence-corrected chi connectivity index (χ4v) is 3.52. The summed E-state index contributed by atoms with van der Waals surface area (Å²) in [6.45, 7) is 6.94. The topological polar surface area (TPSA) is 71.2 Å². The molecular weight excluding hydrogens is 328 g/mol. The first-order valence-corrected chi connectivity index (χ1v) is 9.15. The van der Waals surface area contributed by atoms with Crippen LogP contribution in [0.5, 0.6) is 0 Å². The van der Waals surface area contributed by atoms with E-state index >= 15 is 0 Å². The fourth-order valence-electron chi connectivity index (χ4n) is 3.52. The second-order valence-corrected chi connectivity index (χ2v) is 7.09. The Kier molecular flexibility index (Phi) is 5.57. The lowest BCUT2D eigenvalue weighted by Gasteiger charge is -2.19. The van der Waals surface area contributed by atoms with Crippen LogP contribution in [0, 0.1) is 13.8 Å². The van der Waals surface area contributed by atoms with Crippen LogP contribution in [0.4, 0.5) is 0 Å². The predicted octanol–water partition coefficient (Wildman–Crippen LogP) is 3.20. The molecule has 1 amide bonds. The van der Waals surface area contributed by atoms with Gasteiger partial charge in [0.05, 0.1) is 6.10 Å². The first-order valence-electron chi connectivity index (χ1n) is 9.15.